The van der Waals surface area contributed by atoms with Gasteiger partial charge in [0.05, 0.1) is 0 Å². The van der Waals surface area contributed by atoms with Crippen LogP contribution in [0.2, 0.25) is 0 Å². The second-order valence-corrected chi connectivity index (χ2v) is 12.4. The van der Waals surface area contributed by atoms with E-state index in [4.69, 9.17) is 17.0 Å². The molecule has 4 aromatic carbocycles. The van der Waals surface area contributed by atoms with Gasteiger partial charge in [0.2, 0.25) is 0 Å². The molecule has 0 unspecified atom stereocenters. The quantitative estimate of drug-likeness (QED) is 0.232. The molecule has 0 aliphatic carbocycles. The fraction of sp³-hybridized carbons (Fsp3) is 0.250. The van der Waals surface area contributed by atoms with E-state index in [1.165, 1.54) is 49.7 Å². The van der Waals surface area contributed by atoms with Gasteiger partial charge in [0.25, 0.3) is 0 Å². The summed E-state index contributed by atoms with van der Waals surface area (Å²) < 4.78 is 0. The van der Waals surface area contributed by atoms with Crippen molar-refractivity contribution in [2.24, 2.45) is 0 Å². The summed E-state index contributed by atoms with van der Waals surface area (Å²) in [5.41, 5.74) is 9.49. The van der Waals surface area contributed by atoms with Crippen LogP contribution >= 0.6 is 17.0 Å². The topological polar surface area (TPSA) is 0 Å². The molecule has 160 valence electrons. The standard InChI is InChI=1S/C28H29.2ClH.Zr/c1-18(2)23-14-24(19(3)4)16-26(15-23)28-20(5)11-12-22-13-25(17-27(22)28)21-9-7-6-8-10-21;;;/h6-19H,1-5H3;2*1H;/q-1;;;+2/p-2. The number of fused-ring (bicyclic) bond motifs is 1. The van der Waals surface area contributed by atoms with Crippen LogP contribution in [0.15, 0.2) is 72.8 Å². The van der Waals surface area contributed by atoms with E-state index >= 15 is 0 Å². The molecule has 0 N–H and O–H groups in total. The van der Waals surface area contributed by atoms with Crippen LogP contribution in [0, 0.1) is 6.92 Å². The Kier molecular flexibility index (Phi) is 8.68. The van der Waals surface area contributed by atoms with E-state index in [1.54, 1.807) is 0 Å². The van der Waals surface area contributed by atoms with E-state index in [-0.39, 0.29) is 0 Å². The van der Waals surface area contributed by atoms with Crippen LogP contribution < -0.4 is 0 Å². The van der Waals surface area contributed by atoms with Gasteiger partial charge in [-0.2, -0.15) is 0 Å². The first-order valence-electron chi connectivity index (χ1n) is 10.7. The van der Waals surface area contributed by atoms with Crippen molar-refractivity contribution >= 4 is 27.8 Å². The molecule has 4 aromatic rings. The molecule has 0 spiro atoms. The van der Waals surface area contributed by atoms with Crippen LogP contribution in [-0.4, -0.2) is 0 Å². The molecule has 0 saturated heterocycles. The number of hydrogen-bond donors (Lipinski definition) is 0. The Balaban J connectivity index is 0.000000858. The van der Waals surface area contributed by atoms with Gasteiger partial charge < -0.3 is 0 Å². The first-order chi connectivity index (χ1) is 14.8. The van der Waals surface area contributed by atoms with Gasteiger partial charge in [0.1, 0.15) is 0 Å². The summed E-state index contributed by atoms with van der Waals surface area (Å²) in [4.78, 5) is 0. The molecule has 3 heteroatoms. The van der Waals surface area contributed by atoms with E-state index in [0.717, 1.165) is 0 Å². The van der Waals surface area contributed by atoms with E-state index in [0.29, 0.717) is 11.8 Å². The number of hydrogen-bond acceptors (Lipinski definition) is 0. The van der Waals surface area contributed by atoms with Crippen molar-refractivity contribution < 1.29 is 20.8 Å². The molecule has 0 fully saturated rings. The third-order valence-electron chi connectivity index (χ3n) is 5.81. The van der Waals surface area contributed by atoms with Crippen molar-refractivity contribution in [1.29, 1.82) is 0 Å². The maximum absolute atomic E-state index is 4.93. The van der Waals surface area contributed by atoms with Gasteiger partial charge in [-0.05, 0) is 41.0 Å². The summed E-state index contributed by atoms with van der Waals surface area (Å²) in [6.07, 6.45) is 0. The Morgan fingerprint density at radius 2 is 1.32 bits per heavy atom. The van der Waals surface area contributed by atoms with Crippen LogP contribution in [-0.2, 0) is 20.8 Å². The van der Waals surface area contributed by atoms with E-state index in [2.05, 4.69) is 107 Å². The molecule has 0 aliphatic rings. The van der Waals surface area contributed by atoms with Crippen LogP contribution in [0.5, 0.6) is 0 Å². The van der Waals surface area contributed by atoms with Crippen molar-refractivity contribution in [3.8, 4) is 22.3 Å². The Morgan fingerprint density at radius 1 is 0.742 bits per heavy atom. The molecular weight excluding hydrogens is 498 g/mol. The molecular formula is C28H29Cl2Zr-. The average molecular weight is 528 g/mol. The third kappa shape index (κ3) is 5.76. The first-order valence-corrected chi connectivity index (χ1v) is 17.1. The summed E-state index contributed by atoms with van der Waals surface area (Å²) in [6.45, 7) is 11.4. The molecule has 0 amide bonds. The van der Waals surface area contributed by atoms with Gasteiger partial charge in [-0.1, -0.05) is 93.4 Å². The third-order valence-corrected chi connectivity index (χ3v) is 5.81. The molecule has 0 bridgehead atoms. The average Bonchev–Trinajstić information content (AvgIpc) is 3.18. The molecule has 0 nitrogen and oxygen atoms in total. The van der Waals surface area contributed by atoms with Gasteiger partial charge in [0, 0.05) is 0 Å². The van der Waals surface area contributed by atoms with Crippen LogP contribution in [0.1, 0.15) is 56.2 Å². The summed E-state index contributed by atoms with van der Waals surface area (Å²) in [6, 6.07) is 27.1. The predicted molar refractivity (Wildman–Crippen MR) is 135 cm³/mol. The number of rotatable bonds is 4. The van der Waals surface area contributed by atoms with Crippen molar-refractivity contribution in [2.45, 2.75) is 46.5 Å². The maximum atomic E-state index is 4.93. The van der Waals surface area contributed by atoms with E-state index in [9.17, 15) is 0 Å². The van der Waals surface area contributed by atoms with E-state index in [1.807, 2.05) is 0 Å². The SMILES string of the molecule is Cc1ccc2[cH-]c(-c3ccccc3)cc2c1-c1cc(C(C)C)cc(C(C)C)c1.[Cl][Zr][Cl]. The molecule has 0 aliphatic heterocycles. The molecule has 4 rings (SSSR count). The summed E-state index contributed by atoms with van der Waals surface area (Å²) in [5, 5.41) is 2.68. The fourth-order valence-electron chi connectivity index (χ4n) is 4.06. The summed E-state index contributed by atoms with van der Waals surface area (Å²) in [7, 11) is 9.87. The molecule has 0 radical (unpaired) electrons. The fourth-order valence-corrected chi connectivity index (χ4v) is 4.06. The normalized spacial score (nSPS) is 11.0. The van der Waals surface area contributed by atoms with Crippen molar-refractivity contribution in [2.75, 3.05) is 0 Å². The number of aryl methyl sites for hydroxylation is 1. The van der Waals surface area contributed by atoms with Crippen molar-refractivity contribution in [3.05, 3.63) is 89.5 Å². The predicted octanol–water partition coefficient (Wildman–Crippen LogP) is 9.82. The van der Waals surface area contributed by atoms with Gasteiger partial charge in [-0.25, -0.2) is 0 Å². The van der Waals surface area contributed by atoms with Crippen LogP contribution in [0.25, 0.3) is 33.0 Å². The summed E-state index contributed by atoms with van der Waals surface area (Å²) in [5.74, 6) is 1.05. The van der Waals surface area contributed by atoms with Gasteiger partial charge in [-0.15, -0.1) is 34.5 Å². The molecule has 0 heterocycles. The number of benzene rings is 3. The van der Waals surface area contributed by atoms with E-state index < -0.39 is 20.8 Å². The van der Waals surface area contributed by atoms with Crippen molar-refractivity contribution in [3.63, 3.8) is 0 Å². The first kappa shape index (κ1) is 24.4. The van der Waals surface area contributed by atoms with Crippen molar-refractivity contribution in [1.82, 2.24) is 0 Å². The zero-order chi connectivity index (χ0) is 22.5. The molecule has 31 heavy (non-hydrogen) atoms. The molecule has 0 atom stereocenters. The second kappa shape index (κ2) is 11.0. The zero-order valence-corrected chi connectivity index (χ0v) is 22.8. The Hall–Kier alpha value is -1.27. The van der Waals surface area contributed by atoms with Crippen LogP contribution in [0.3, 0.4) is 0 Å². The molecule has 0 aromatic heterocycles. The Morgan fingerprint density at radius 3 is 1.87 bits per heavy atom. The van der Waals surface area contributed by atoms with Gasteiger partial charge >= 0.3 is 37.9 Å². The van der Waals surface area contributed by atoms with Gasteiger partial charge in [-0.3, -0.25) is 0 Å². The Bertz CT molecular complexity index is 1110. The molecule has 0 saturated carbocycles. The zero-order valence-electron chi connectivity index (χ0n) is 18.8. The second-order valence-electron chi connectivity index (χ2n) is 8.64. The number of halogens is 2. The van der Waals surface area contributed by atoms with Gasteiger partial charge in [0.15, 0.2) is 0 Å². The monoisotopic (exact) mass is 525 g/mol. The summed E-state index contributed by atoms with van der Waals surface area (Å²) >= 11 is -0.826. The van der Waals surface area contributed by atoms with Crippen LogP contribution in [0.4, 0.5) is 0 Å². The Labute approximate surface area is 205 Å². The minimum atomic E-state index is -0.826. The minimum absolute atomic E-state index is 0.525.